The minimum Gasteiger partial charge on any atom is -0.431 e. The number of para-hydroxylation sites is 2. The molecule has 0 bridgehead atoms. The number of hydrogen-bond acceptors (Lipinski definition) is 5. The van der Waals surface area contributed by atoms with Gasteiger partial charge in [-0.15, -0.1) is 0 Å². The van der Waals surface area contributed by atoms with Crippen LogP contribution in [0, 0.1) is 0 Å². The molecule has 28 heavy (non-hydrogen) atoms. The third-order valence-corrected chi connectivity index (χ3v) is 6.51. The van der Waals surface area contributed by atoms with Crippen molar-refractivity contribution in [3.63, 3.8) is 0 Å². The number of carbonyl (C=O) groups excluding carboxylic acids is 1. The van der Waals surface area contributed by atoms with Crippen LogP contribution in [0.2, 0.25) is 5.02 Å². The van der Waals surface area contributed by atoms with Crippen LogP contribution >= 0.6 is 35.1 Å². The third kappa shape index (κ3) is 3.17. The van der Waals surface area contributed by atoms with Crippen LogP contribution in [0.25, 0.3) is 11.1 Å². The minimum absolute atomic E-state index is 0.0227. The number of anilines is 2. The van der Waals surface area contributed by atoms with Gasteiger partial charge in [0.15, 0.2) is 5.58 Å². The maximum atomic E-state index is 13.2. The van der Waals surface area contributed by atoms with Gasteiger partial charge in [0.1, 0.15) is 5.52 Å². The molecule has 2 heterocycles. The Morgan fingerprint density at radius 1 is 1.04 bits per heavy atom. The van der Waals surface area contributed by atoms with E-state index >= 15 is 0 Å². The molecule has 3 aromatic carbocycles. The Morgan fingerprint density at radius 2 is 1.71 bits per heavy atom. The maximum absolute atomic E-state index is 13.2. The monoisotopic (exact) mass is 424 g/mol. The van der Waals surface area contributed by atoms with E-state index in [4.69, 9.17) is 16.0 Å². The molecule has 1 aliphatic rings. The van der Waals surface area contributed by atoms with Crippen molar-refractivity contribution in [2.75, 3.05) is 10.7 Å². The molecule has 5 rings (SSSR count). The third-order valence-electron chi connectivity index (χ3n) is 4.33. The Kier molecular flexibility index (Phi) is 4.55. The molecule has 0 unspecified atom stereocenters. The molecule has 0 radical (unpaired) electrons. The standard InChI is InChI=1S/C21H13ClN2O2S2/c22-13-9-10-17-14(11-13)23-21(26-17)27-12-20(25)24-15-5-1-3-7-18(15)28-19-8-4-2-6-16(19)24/h1-11H,12H2. The van der Waals surface area contributed by atoms with Crippen molar-refractivity contribution in [1.82, 2.24) is 4.98 Å². The lowest BCUT2D eigenvalue weighted by Gasteiger charge is -2.30. The Bertz CT molecular complexity index is 1160. The maximum Gasteiger partial charge on any atom is 0.257 e. The summed E-state index contributed by atoms with van der Waals surface area (Å²) < 4.78 is 5.72. The summed E-state index contributed by atoms with van der Waals surface area (Å²) >= 11 is 8.96. The molecule has 0 atom stereocenters. The zero-order valence-electron chi connectivity index (χ0n) is 14.5. The van der Waals surface area contributed by atoms with E-state index in [1.807, 2.05) is 48.5 Å². The van der Waals surface area contributed by atoms with Crippen molar-refractivity contribution >= 4 is 63.5 Å². The second kappa shape index (κ2) is 7.20. The van der Waals surface area contributed by atoms with Gasteiger partial charge < -0.3 is 4.42 Å². The lowest BCUT2D eigenvalue weighted by molar-refractivity contribution is -0.115. The first kappa shape index (κ1) is 17.7. The molecule has 1 aromatic heterocycles. The van der Waals surface area contributed by atoms with Crippen molar-refractivity contribution in [2.24, 2.45) is 0 Å². The van der Waals surface area contributed by atoms with Crippen molar-refractivity contribution in [1.29, 1.82) is 0 Å². The van der Waals surface area contributed by atoms with Crippen LogP contribution < -0.4 is 4.90 Å². The summed E-state index contributed by atoms with van der Waals surface area (Å²) in [6.45, 7) is 0. The van der Waals surface area contributed by atoms with Crippen LogP contribution in [0.5, 0.6) is 0 Å². The fourth-order valence-electron chi connectivity index (χ4n) is 3.10. The van der Waals surface area contributed by atoms with Gasteiger partial charge in [0.25, 0.3) is 5.22 Å². The molecule has 0 N–H and O–H groups in total. The molecule has 0 aliphatic carbocycles. The summed E-state index contributed by atoms with van der Waals surface area (Å²) in [5.74, 6) is 0.193. The van der Waals surface area contributed by atoms with Crippen molar-refractivity contribution in [3.8, 4) is 0 Å². The molecule has 0 fully saturated rings. The highest BCUT2D eigenvalue weighted by Crippen LogP contribution is 2.48. The molecule has 0 spiro atoms. The quantitative estimate of drug-likeness (QED) is 0.356. The highest BCUT2D eigenvalue weighted by molar-refractivity contribution is 8.00. The van der Waals surface area contributed by atoms with Gasteiger partial charge in [-0.1, -0.05) is 59.4 Å². The first-order valence-electron chi connectivity index (χ1n) is 8.57. The number of halogens is 1. The highest BCUT2D eigenvalue weighted by Gasteiger charge is 2.28. The van der Waals surface area contributed by atoms with E-state index in [0.717, 1.165) is 21.2 Å². The zero-order chi connectivity index (χ0) is 19.1. The molecule has 1 aliphatic heterocycles. The van der Waals surface area contributed by atoms with Gasteiger partial charge in [-0.3, -0.25) is 9.69 Å². The molecule has 1 amide bonds. The summed E-state index contributed by atoms with van der Waals surface area (Å²) in [6.07, 6.45) is 0. The highest BCUT2D eigenvalue weighted by atomic mass is 35.5. The number of aromatic nitrogens is 1. The molecule has 4 nitrogen and oxygen atoms in total. The number of fused-ring (bicyclic) bond motifs is 3. The average molecular weight is 425 g/mol. The van der Waals surface area contributed by atoms with E-state index < -0.39 is 0 Å². The fourth-order valence-corrected chi connectivity index (χ4v) is 5.01. The molecule has 0 saturated carbocycles. The predicted molar refractivity (Wildman–Crippen MR) is 114 cm³/mol. The number of amides is 1. The molecule has 0 saturated heterocycles. The fraction of sp³-hybridized carbons (Fsp3) is 0.0476. The second-order valence-corrected chi connectivity index (χ2v) is 8.59. The van der Waals surface area contributed by atoms with Crippen LogP contribution in [0.4, 0.5) is 11.4 Å². The van der Waals surface area contributed by atoms with Crippen molar-refractivity contribution < 1.29 is 9.21 Å². The molecular weight excluding hydrogens is 412 g/mol. The number of carbonyl (C=O) groups is 1. The van der Waals surface area contributed by atoms with E-state index in [1.54, 1.807) is 34.9 Å². The number of oxazole rings is 1. The van der Waals surface area contributed by atoms with Crippen LogP contribution in [0.15, 0.2) is 86.2 Å². The van der Waals surface area contributed by atoms with E-state index in [9.17, 15) is 4.79 Å². The normalized spacial score (nSPS) is 12.7. The van der Waals surface area contributed by atoms with Gasteiger partial charge in [-0.25, -0.2) is 4.98 Å². The Morgan fingerprint density at radius 3 is 2.43 bits per heavy atom. The summed E-state index contributed by atoms with van der Waals surface area (Å²) in [5, 5.41) is 1.06. The number of thioether (sulfide) groups is 1. The topological polar surface area (TPSA) is 46.3 Å². The zero-order valence-corrected chi connectivity index (χ0v) is 16.9. The number of nitrogens with zero attached hydrogens (tertiary/aromatic N) is 2. The van der Waals surface area contributed by atoms with Crippen molar-refractivity contribution in [3.05, 3.63) is 71.8 Å². The van der Waals surface area contributed by atoms with E-state index in [1.165, 1.54) is 11.8 Å². The molecular formula is C21H13ClN2O2S2. The SMILES string of the molecule is O=C(CSc1nc2cc(Cl)ccc2o1)N1c2ccccc2Sc2ccccc21. The van der Waals surface area contributed by atoms with Gasteiger partial charge in [0.05, 0.1) is 17.1 Å². The van der Waals surface area contributed by atoms with Gasteiger partial charge in [-0.05, 0) is 42.5 Å². The lowest BCUT2D eigenvalue weighted by Crippen LogP contribution is -2.29. The van der Waals surface area contributed by atoms with Gasteiger partial charge in [-0.2, -0.15) is 0 Å². The second-order valence-electron chi connectivity index (χ2n) is 6.15. The molecule has 4 aromatic rings. The average Bonchev–Trinajstić information content (AvgIpc) is 3.12. The predicted octanol–water partition coefficient (Wildman–Crippen LogP) is 6.40. The van der Waals surface area contributed by atoms with E-state index in [2.05, 4.69) is 4.98 Å². The first-order valence-corrected chi connectivity index (χ1v) is 10.7. The van der Waals surface area contributed by atoms with Crippen LogP contribution in [-0.2, 0) is 4.79 Å². The Balaban J connectivity index is 1.43. The minimum atomic E-state index is -0.0227. The smallest absolute Gasteiger partial charge is 0.257 e. The van der Waals surface area contributed by atoms with Gasteiger partial charge in [0, 0.05) is 14.8 Å². The molecule has 138 valence electrons. The van der Waals surface area contributed by atoms with Crippen LogP contribution in [0.1, 0.15) is 0 Å². The number of rotatable bonds is 3. The summed E-state index contributed by atoms with van der Waals surface area (Å²) in [5.41, 5.74) is 3.15. The number of hydrogen-bond donors (Lipinski definition) is 0. The summed E-state index contributed by atoms with van der Waals surface area (Å²) in [4.78, 5) is 21.5. The Labute approximate surface area is 174 Å². The summed E-state index contributed by atoms with van der Waals surface area (Å²) in [7, 11) is 0. The van der Waals surface area contributed by atoms with E-state index in [-0.39, 0.29) is 11.7 Å². The lowest BCUT2D eigenvalue weighted by atomic mass is 10.2. The van der Waals surface area contributed by atoms with E-state index in [0.29, 0.717) is 21.3 Å². The number of benzene rings is 3. The first-order chi connectivity index (χ1) is 13.7. The van der Waals surface area contributed by atoms with Gasteiger partial charge >= 0.3 is 0 Å². The molecule has 7 heteroatoms. The van der Waals surface area contributed by atoms with Crippen molar-refractivity contribution in [2.45, 2.75) is 15.0 Å². The summed E-state index contributed by atoms with van der Waals surface area (Å²) in [6, 6.07) is 21.2. The van der Waals surface area contributed by atoms with Crippen LogP contribution in [-0.4, -0.2) is 16.6 Å². The van der Waals surface area contributed by atoms with Crippen LogP contribution in [0.3, 0.4) is 0 Å². The Hall–Kier alpha value is -2.41. The van der Waals surface area contributed by atoms with Gasteiger partial charge in [0.2, 0.25) is 5.91 Å². The largest absolute Gasteiger partial charge is 0.431 e.